The Morgan fingerprint density at radius 2 is 2.43 bits per heavy atom. The lowest BCUT2D eigenvalue weighted by atomic mass is 10.5. The van der Waals surface area contributed by atoms with Crippen molar-refractivity contribution in [2.45, 2.75) is 6.92 Å². The lowest BCUT2D eigenvalue weighted by Gasteiger charge is -1.82. The van der Waals surface area contributed by atoms with E-state index in [1.54, 1.807) is 5.82 Å². The summed E-state index contributed by atoms with van der Waals surface area (Å²) in [4.78, 5) is 0. The van der Waals surface area contributed by atoms with Gasteiger partial charge >= 0.3 is 0 Å². The summed E-state index contributed by atoms with van der Waals surface area (Å²) in [5, 5.41) is 1.02. The van der Waals surface area contributed by atoms with E-state index in [4.69, 9.17) is 0 Å². The second-order valence-electron chi connectivity index (χ2n) is 1.57. The first-order valence-corrected chi connectivity index (χ1v) is 3.68. The van der Waals surface area contributed by atoms with Crippen LogP contribution < -0.4 is 0 Å². The van der Waals surface area contributed by atoms with Crippen molar-refractivity contribution in [2.24, 2.45) is 0 Å². The highest BCUT2D eigenvalue weighted by molar-refractivity contribution is 7.53. The van der Waals surface area contributed by atoms with Gasteiger partial charge in [-0.15, -0.1) is 0 Å². The molecule has 0 saturated heterocycles. The van der Waals surface area contributed by atoms with E-state index in [0.717, 1.165) is 5.31 Å². The number of allylic oxidation sites excluding steroid dienone is 3. The fraction of sp³-hybridized carbons (Fsp3) is 0.200. The molecule has 0 saturated carbocycles. The van der Waals surface area contributed by atoms with Crippen LogP contribution in [0, 0.1) is 0 Å². The summed E-state index contributed by atoms with van der Waals surface area (Å²) in [6.45, 7) is 1.89. The van der Waals surface area contributed by atoms with Crippen LogP contribution >= 0.6 is 7.80 Å². The predicted molar refractivity (Wildman–Crippen MR) is 31.9 cm³/mol. The third-order valence-corrected chi connectivity index (χ3v) is 2.42. The SMILES string of the molecule is CC1=CC=C[PH]1=O. The largest absolute Gasteiger partial charge is 0.318 e. The lowest BCUT2D eigenvalue weighted by Crippen LogP contribution is -1.50. The summed E-state index contributed by atoms with van der Waals surface area (Å²) < 4.78 is 10.6. The first-order valence-electron chi connectivity index (χ1n) is 2.20. The summed E-state index contributed by atoms with van der Waals surface area (Å²) in [7, 11) is -1.40. The normalized spacial score (nSPS) is 28.1. The quantitative estimate of drug-likeness (QED) is 0.440. The van der Waals surface area contributed by atoms with Crippen LogP contribution in [0.4, 0.5) is 0 Å². The molecule has 1 nitrogen and oxygen atoms in total. The van der Waals surface area contributed by atoms with Crippen LogP contribution in [-0.2, 0) is 4.57 Å². The number of hydrogen-bond acceptors (Lipinski definition) is 1. The molecule has 0 radical (unpaired) electrons. The minimum absolute atomic E-state index is 1.02. The highest BCUT2D eigenvalue weighted by Crippen LogP contribution is 2.36. The maximum atomic E-state index is 10.6. The lowest BCUT2D eigenvalue weighted by molar-refractivity contribution is 0.596. The molecular weight excluding hydrogens is 107 g/mol. The van der Waals surface area contributed by atoms with Crippen molar-refractivity contribution in [3.8, 4) is 0 Å². The van der Waals surface area contributed by atoms with E-state index >= 15 is 0 Å². The average molecular weight is 114 g/mol. The molecule has 0 N–H and O–H groups in total. The molecule has 1 atom stereocenters. The smallest absolute Gasteiger partial charge is 0.120 e. The molecule has 0 spiro atoms. The zero-order valence-corrected chi connectivity index (χ0v) is 5.14. The standard InChI is InChI=1S/C5H7OP/c1-5-3-2-4-7(5)6/h2-4,7H,1H3. The van der Waals surface area contributed by atoms with Gasteiger partial charge in [0.25, 0.3) is 0 Å². The summed E-state index contributed by atoms with van der Waals surface area (Å²) in [5.41, 5.74) is 0. The first kappa shape index (κ1) is 4.86. The zero-order valence-electron chi connectivity index (χ0n) is 4.14. The van der Waals surface area contributed by atoms with Gasteiger partial charge in [-0.25, -0.2) is 0 Å². The van der Waals surface area contributed by atoms with Crippen LogP contribution in [0.15, 0.2) is 23.3 Å². The third kappa shape index (κ3) is 0.834. The molecular formula is C5H7OP. The molecule has 2 heteroatoms. The molecule has 1 aliphatic heterocycles. The van der Waals surface area contributed by atoms with Crippen LogP contribution in [0.3, 0.4) is 0 Å². The van der Waals surface area contributed by atoms with Gasteiger partial charge < -0.3 is 4.57 Å². The Kier molecular flexibility index (Phi) is 1.16. The van der Waals surface area contributed by atoms with E-state index in [2.05, 4.69) is 0 Å². The van der Waals surface area contributed by atoms with Gasteiger partial charge in [0.2, 0.25) is 0 Å². The average Bonchev–Trinajstić information content (AvgIpc) is 1.91. The number of rotatable bonds is 0. The Morgan fingerprint density at radius 3 is 2.57 bits per heavy atom. The Balaban J connectivity index is 2.89. The van der Waals surface area contributed by atoms with Crippen molar-refractivity contribution in [3.63, 3.8) is 0 Å². The van der Waals surface area contributed by atoms with E-state index < -0.39 is 7.80 Å². The van der Waals surface area contributed by atoms with Gasteiger partial charge in [0, 0.05) is 0 Å². The molecule has 1 rings (SSSR count). The fourth-order valence-corrected chi connectivity index (χ4v) is 1.29. The van der Waals surface area contributed by atoms with E-state index in [-0.39, 0.29) is 0 Å². The van der Waals surface area contributed by atoms with Gasteiger partial charge in [0.05, 0.1) is 0 Å². The summed E-state index contributed by atoms with van der Waals surface area (Å²) in [6, 6.07) is 0. The van der Waals surface area contributed by atoms with Crippen molar-refractivity contribution >= 4 is 7.80 Å². The predicted octanol–water partition coefficient (Wildman–Crippen LogP) is 1.98. The molecule has 38 valence electrons. The van der Waals surface area contributed by atoms with Crippen molar-refractivity contribution in [1.29, 1.82) is 0 Å². The molecule has 0 fully saturated rings. The van der Waals surface area contributed by atoms with Crippen molar-refractivity contribution in [1.82, 2.24) is 0 Å². The summed E-state index contributed by atoms with van der Waals surface area (Å²) in [5.74, 6) is 1.75. The third-order valence-electron chi connectivity index (χ3n) is 0.982. The Morgan fingerprint density at radius 1 is 1.71 bits per heavy atom. The zero-order chi connectivity index (χ0) is 5.28. The van der Waals surface area contributed by atoms with Gasteiger partial charge in [-0.1, -0.05) is 12.2 Å². The molecule has 0 aliphatic carbocycles. The first-order chi connectivity index (χ1) is 3.30. The second kappa shape index (κ2) is 1.67. The van der Waals surface area contributed by atoms with Gasteiger partial charge in [-0.2, -0.15) is 0 Å². The fourth-order valence-electron chi connectivity index (χ4n) is 0.493. The van der Waals surface area contributed by atoms with E-state index in [1.807, 2.05) is 19.1 Å². The van der Waals surface area contributed by atoms with Crippen LogP contribution in [0.25, 0.3) is 0 Å². The molecule has 0 aromatic carbocycles. The highest BCUT2D eigenvalue weighted by Gasteiger charge is 1.98. The minimum Gasteiger partial charge on any atom is -0.318 e. The van der Waals surface area contributed by atoms with E-state index in [9.17, 15) is 4.57 Å². The van der Waals surface area contributed by atoms with E-state index in [1.165, 1.54) is 0 Å². The highest BCUT2D eigenvalue weighted by atomic mass is 31.1. The van der Waals surface area contributed by atoms with Crippen LogP contribution in [-0.4, -0.2) is 0 Å². The van der Waals surface area contributed by atoms with Crippen LogP contribution in [0.2, 0.25) is 0 Å². The molecule has 0 amide bonds. The van der Waals surface area contributed by atoms with Crippen molar-refractivity contribution in [3.05, 3.63) is 23.3 Å². The summed E-state index contributed by atoms with van der Waals surface area (Å²) in [6.07, 6.45) is 3.73. The Labute approximate surface area is 43.5 Å². The van der Waals surface area contributed by atoms with Crippen molar-refractivity contribution in [2.75, 3.05) is 0 Å². The van der Waals surface area contributed by atoms with Crippen molar-refractivity contribution < 1.29 is 4.57 Å². The topological polar surface area (TPSA) is 17.1 Å². The minimum atomic E-state index is -1.40. The van der Waals surface area contributed by atoms with Gasteiger partial charge in [-0.3, -0.25) is 0 Å². The molecule has 7 heavy (non-hydrogen) atoms. The second-order valence-corrected chi connectivity index (χ2v) is 3.42. The Bertz CT molecular complexity index is 155. The monoisotopic (exact) mass is 114 g/mol. The molecule has 1 heterocycles. The van der Waals surface area contributed by atoms with Gasteiger partial charge in [-0.05, 0) is 18.1 Å². The van der Waals surface area contributed by atoms with Crippen LogP contribution in [0.5, 0.6) is 0 Å². The molecule has 0 aromatic rings. The molecule has 0 aromatic heterocycles. The summed E-state index contributed by atoms with van der Waals surface area (Å²) >= 11 is 0. The van der Waals surface area contributed by atoms with Gasteiger partial charge in [0.15, 0.2) is 0 Å². The molecule has 1 unspecified atom stereocenters. The van der Waals surface area contributed by atoms with Crippen LogP contribution in [0.1, 0.15) is 6.92 Å². The molecule has 1 aliphatic rings. The Hall–Kier alpha value is -0.290. The van der Waals surface area contributed by atoms with E-state index in [0.29, 0.717) is 0 Å². The molecule has 0 bridgehead atoms. The maximum Gasteiger partial charge on any atom is 0.120 e. The van der Waals surface area contributed by atoms with Gasteiger partial charge in [0.1, 0.15) is 7.80 Å². The maximum absolute atomic E-state index is 10.6. The number of hydrogen-bond donors (Lipinski definition) is 0.